The summed E-state index contributed by atoms with van der Waals surface area (Å²) in [6.45, 7) is 0.366. The first-order valence-corrected chi connectivity index (χ1v) is 6.12. The molecule has 0 bridgehead atoms. The van der Waals surface area contributed by atoms with E-state index in [0.717, 1.165) is 11.3 Å². The Labute approximate surface area is 117 Å². The van der Waals surface area contributed by atoms with Crippen LogP contribution in [0.3, 0.4) is 0 Å². The zero-order chi connectivity index (χ0) is 14.2. The maximum atomic E-state index is 9.12. The second-order valence-corrected chi connectivity index (χ2v) is 3.99. The molecule has 0 amide bonds. The first kappa shape index (κ1) is 13.6. The van der Waals surface area contributed by atoms with Crippen molar-refractivity contribution in [3.05, 3.63) is 65.7 Å². The first-order chi connectivity index (χ1) is 9.85. The Kier molecular flexibility index (Phi) is 4.74. The van der Waals surface area contributed by atoms with E-state index in [1.165, 1.54) is 7.11 Å². The topological polar surface area (TPSA) is 54.6 Å². The number of hydrogen-bond donors (Lipinski definition) is 0. The van der Waals surface area contributed by atoms with Crippen LogP contribution in [0.2, 0.25) is 0 Å². The number of para-hydroxylation sites is 1. The van der Waals surface area contributed by atoms with E-state index < -0.39 is 0 Å². The average molecular weight is 266 g/mol. The lowest BCUT2D eigenvalue weighted by Crippen LogP contribution is -2.06. The standard InChI is InChI=1S/C16H14N2O2/c1-19-18-16(11-17)15-10-6-5-7-13(15)12-20-14-8-3-2-4-9-14/h2-10H,12H2,1H3/b18-16+. The van der Waals surface area contributed by atoms with Gasteiger partial charge in [-0.3, -0.25) is 0 Å². The Hall–Kier alpha value is -2.80. The van der Waals surface area contributed by atoms with Gasteiger partial charge in [-0.25, -0.2) is 0 Å². The van der Waals surface area contributed by atoms with Crippen LogP contribution in [0.4, 0.5) is 0 Å². The van der Waals surface area contributed by atoms with Crippen LogP contribution in [0.15, 0.2) is 59.8 Å². The number of nitriles is 1. The van der Waals surface area contributed by atoms with Gasteiger partial charge >= 0.3 is 0 Å². The predicted octanol–water partition coefficient (Wildman–Crippen LogP) is 3.14. The maximum Gasteiger partial charge on any atom is 0.187 e. The van der Waals surface area contributed by atoms with E-state index in [1.807, 2.05) is 60.7 Å². The molecular weight excluding hydrogens is 252 g/mol. The van der Waals surface area contributed by atoms with Crippen LogP contribution in [0.25, 0.3) is 0 Å². The third-order valence-electron chi connectivity index (χ3n) is 2.70. The van der Waals surface area contributed by atoms with Gasteiger partial charge in [0, 0.05) is 5.56 Å². The highest BCUT2D eigenvalue weighted by molar-refractivity contribution is 6.12. The highest BCUT2D eigenvalue weighted by Gasteiger charge is 2.09. The van der Waals surface area contributed by atoms with Gasteiger partial charge in [-0.05, 0) is 17.7 Å². The molecule has 2 aromatic carbocycles. The number of ether oxygens (including phenoxy) is 1. The van der Waals surface area contributed by atoms with Crippen molar-refractivity contribution in [1.82, 2.24) is 0 Å². The van der Waals surface area contributed by atoms with E-state index in [1.54, 1.807) is 0 Å². The molecule has 0 aliphatic rings. The summed E-state index contributed by atoms with van der Waals surface area (Å²) in [6.07, 6.45) is 0. The zero-order valence-electron chi connectivity index (χ0n) is 11.1. The molecule has 0 aliphatic heterocycles. The van der Waals surface area contributed by atoms with Gasteiger partial charge in [0.05, 0.1) is 0 Å². The van der Waals surface area contributed by atoms with Crippen molar-refractivity contribution in [2.75, 3.05) is 7.11 Å². The lowest BCUT2D eigenvalue weighted by Gasteiger charge is -2.09. The van der Waals surface area contributed by atoms with Crippen molar-refractivity contribution in [2.24, 2.45) is 5.16 Å². The summed E-state index contributed by atoms with van der Waals surface area (Å²) in [6, 6.07) is 19.0. The SMILES string of the molecule is CO/N=C(\C#N)c1ccccc1COc1ccccc1. The normalized spacial score (nSPS) is 10.7. The van der Waals surface area contributed by atoms with Crippen molar-refractivity contribution < 1.29 is 9.57 Å². The van der Waals surface area contributed by atoms with Gasteiger partial charge in [0.15, 0.2) is 5.71 Å². The minimum atomic E-state index is 0.236. The molecule has 0 N–H and O–H groups in total. The van der Waals surface area contributed by atoms with Crippen LogP contribution in [-0.2, 0) is 11.4 Å². The molecule has 0 atom stereocenters. The number of nitrogens with zero attached hydrogens (tertiary/aromatic N) is 2. The first-order valence-electron chi connectivity index (χ1n) is 6.12. The molecule has 0 radical (unpaired) electrons. The van der Waals surface area contributed by atoms with Crippen LogP contribution < -0.4 is 4.74 Å². The Morgan fingerprint density at radius 1 is 1.10 bits per heavy atom. The van der Waals surface area contributed by atoms with Gasteiger partial charge in [0.1, 0.15) is 25.5 Å². The fourth-order valence-electron chi connectivity index (χ4n) is 1.78. The molecule has 0 fully saturated rings. The molecule has 0 aromatic heterocycles. The van der Waals surface area contributed by atoms with Crippen molar-refractivity contribution in [1.29, 1.82) is 5.26 Å². The molecule has 0 saturated heterocycles. The third kappa shape index (κ3) is 3.36. The summed E-state index contributed by atoms with van der Waals surface area (Å²) in [4.78, 5) is 4.69. The van der Waals surface area contributed by atoms with Gasteiger partial charge < -0.3 is 9.57 Å². The van der Waals surface area contributed by atoms with Crippen LogP contribution in [0, 0.1) is 11.3 Å². The monoisotopic (exact) mass is 266 g/mol. The summed E-state index contributed by atoms with van der Waals surface area (Å²) < 4.78 is 5.70. The number of rotatable bonds is 5. The summed E-state index contributed by atoms with van der Waals surface area (Å²) in [7, 11) is 1.42. The predicted molar refractivity (Wildman–Crippen MR) is 76.4 cm³/mol. The Balaban J connectivity index is 2.20. The van der Waals surface area contributed by atoms with Crippen molar-refractivity contribution in [3.8, 4) is 11.8 Å². The summed E-state index contributed by atoms with van der Waals surface area (Å²) in [5, 5.41) is 12.8. The summed E-state index contributed by atoms with van der Waals surface area (Å²) >= 11 is 0. The molecule has 0 spiro atoms. The molecule has 100 valence electrons. The smallest absolute Gasteiger partial charge is 0.187 e. The average Bonchev–Trinajstić information content (AvgIpc) is 2.52. The molecule has 4 nitrogen and oxygen atoms in total. The second-order valence-electron chi connectivity index (χ2n) is 3.99. The molecule has 0 heterocycles. The van der Waals surface area contributed by atoms with Gasteiger partial charge in [0.25, 0.3) is 0 Å². The van der Waals surface area contributed by atoms with E-state index >= 15 is 0 Å². The van der Waals surface area contributed by atoms with E-state index in [-0.39, 0.29) is 5.71 Å². The number of oxime groups is 1. The summed E-state index contributed by atoms with van der Waals surface area (Å²) in [5.41, 5.74) is 1.83. The number of hydrogen-bond acceptors (Lipinski definition) is 4. The van der Waals surface area contributed by atoms with Gasteiger partial charge in [-0.2, -0.15) is 5.26 Å². The van der Waals surface area contributed by atoms with Crippen molar-refractivity contribution >= 4 is 5.71 Å². The van der Waals surface area contributed by atoms with E-state index in [0.29, 0.717) is 12.2 Å². The molecule has 2 aromatic rings. The minimum absolute atomic E-state index is 0.236. The molecule has 0 aliphatic carbocycles. The van der Waals surface area contributed by atoms with Crippen LogP contribution in [-0.4, -0.2) is 12.8 Å². The second kappa shape index (κ2) is 6.95. The molecule has 2 rings (SSSR count). The quantitative estimate of drug-likeness (QED) is 0.617. The fourth-order valence-corrected chi connectivity index (χ4v) is 1.78. The van der Waals surface area contributed by atoms with Crippen molar-refractivity contribution in [2.45, 2.75) is 6.61 Å². The third-order valence-corrected chi connectivity index (χ3v) is 2.70. The number of benzene rings is 2. The van der Waals surface area contributed by atoms with E-state index in [4.69, 9.17) is 14.8 Å². The minimum Gasteiger partial charge on any atom is -0.489 e. The molecule has 0 saturated carbocycles. The Bertz CT molecular complexity index is 630. The zero-order valence-corrected chi connectivity index (χ0v) is 11.1. The maximum absolute atomic E-state index is 9.12. The molecular formula is C16H14N2O2. The van der Waals surface area contributed by atoms with Gasteiger partial charge in [-0.1, -0.05) is 47.6 Å². The largest absolute Gasteiger partial charge is 0.489 e. The fraction of sp³-hybridized carbons (Fsp3) is 0.125. The van der Waals surface area contributed by atoms with Gasteiger partial charge in [-0.15, -0.1) is 0 Å². The molecule has 4 heteroatoms. The molecule has 20 heavy (non-hydrogen) atoms. The van der Waals surface area contributed by atoms with E-state index in [2.05, 4.69) is 5.16 Å². The van der Waals surface area contributed by atoms with Gasteiger partial charge in [0.2, 0.25) is 0 Å². The summed E-state index contributed by atoms with van der Waals surface area (Å²) in [5.74, 6) is 0.782. The molecule has 0 unspecified atom stereocenters. The van der Waals surface area contributed by atoms with Crippen molar-refractivity contribution in [3.63, 3.8) is 0 Å². The Morgan fingerprint density at radius 2 is 1.80 bits per heavy atom. The lowest BCUT2D eigenvalue weighted by molar-refractivity contribution is 0.214. The Morgan fingerprint density at radius 3 is 2.50 bits per heavy atom. The van der Waals surface area contributed by atoms with E-state index in [9.17, 15) is 0 Å². The highest BCUT2D eigenvalue weighted by atomic mass is 16.6. The van der Waals surface area contributed by atoms with Crippen LogP contribution in [0.5, 0.6) is 5.75 Å². The van der Waals surface area contributed by atoms with Crippen LogP contribution in [0.1, 0.15) is 11.1 Å². The van der Waals surface area contributed by atoms with Crippen LogP contribution >= 0.6 is 0 Å². The highest BCUT2D eigenvalue weighted by Crippen LogP contribution is 2.15. The lowest BCUT2D eigenvalue weighted by atomic mass is 10.0.